The summed E-state index contributed by atoms with van der Waals surface area (Å²) in [5.41, 5.74) is 2.25. The van der Waals surface area contributed by atoms with Gasteiger partial charge < -0.3 is 9.64 Å². The Labute approximate surface area is 261 Å². The molecule has 0 aromatic heterocycles. The maximum atomic E-state index is 13.9. The highest BCUT2D eigenvalue weighted by atomic mass is 32.2. The van der Waals surface area contributed by atoms with E-state index in [1.54, 1.807) is 4.90 Å². The number of amides is 1. The number of nitrogens with one attached hydrogen (secondary N) is 1. The molecule has 2 bridgehead atoms. The van der Waals surface area contributed by atoms with Gasteiger partial charge in [0.25, 0.3) is 0 Å². The van der Waals surface area contributed by atoms with E-state index in [9.17, 15) is 21.6 Å². The first kappa shape index (κ1) is 31.5. The van der Waals surface area contributed by atoms with Gasteiger partial charge in [0.2, 0.25) is 26.0 Å². The van der Waals surface area contributed by atoms with Crippen molar-refractivity contribution >= 4 is 31.6 Å². The summed E-state index contributed by atoms with van der Waals surface area (Å²) in [4.78, 5) is 18.0. The lowest BCUT2D eigenvalue weighted by atomic mass is 9.74. The van der Waals surface area contributed by atoms with Crippen LogP contribution in [0.3, 0.4) is 0 Å². The average Bonchev–Trinajstić information content (AvgIpc) is 3.44. The molecule has 2 aromatic carbocycles. The van der Waals surface area contributed by atoms with Crippen molar-refractivity contribution in [3.8, 4) is 0 Å². The predicted octanol–water partition coefficient (Wildman–Crippen LogP) is 2.85. The van der Waals surface area contributed by atoms with Crippen molar-refractivity contribution in [2.24, 2.45) is 0 Å². The second-order valence-electron chi connectivity index (χ2n) is 12.9. The molecule has 10 nitrogen and oxygen atoms in total. The summed E-state index contributed by atoms with van der Waals surface area (Å²) in [6.07, 6.45) is 8.13. The van der Waals surface area contributed by atoms with Gasteiger partial charge in [0.1, 0.15) is 6.04 Å². The van der Waals surface area contributed by atoms with Crippen LogP contribution >= 0.6 is 0 Å². The van der Waals surface area contributed by atoms with Gasteiger partial charge in [-0.15, -0.1) is 0 Å². The number of hydrogen-bond donors (Lipinski definition) is 1. The maximum absolute atomic E-state index is 13.9. The zero-order valence-electron chi connectivity index (χ0n) is 25.4. The highest BCUT2D eigenvalue weighted by Crippen LogP contribution is 2.47. The molecule has 12 heteroatoms. The molecule has 0 radical (unpaired) electrons. The minimum Gasteiger partial charge on any atom is -0.375 e. The second-order valence-corrected chi connectivity index (χ2v) is 16.7. The SMILES string of the molecule is CS(=O)(=O)N1CC2(CCN(C(=O)[C@@H](COCc3ccccc3)NS(=O)(=O)CCN3C4CCCC3CC4)CC2)c2ccccc21. The highest BCUT2D eigenvalue weighted by Gasteiger charge is 2.48. The Hall–Kier alpha value is -2.51. The van der Waals surface area contributed by atoms with Gasteiger partial charge in [0.05, 0.1) is 30.9 Å². The number of likely N-dealkylation sites (tertiary alicyclic amines) is 1. The number of para-hydroxylation sites is 1. The number of ether oxygens (including phenoxy) is 1. The van der Waals surface area contributed by atoms with Gasteiger partial charge in [0, 0.05) is 43.7 Å². The van der Waals surface area contributed by atoms with Crippen LogP contribution in [-0.2, 0) is 41.6 Å². The van der Waals surface area contributed by atoms with E-state index >= 15 is 0 Å². The predicted molar refractivity (Wildman–Crippen MR) is 170 cm³/mol. The van der Waals surface area contributed by atoms with Gasteiger partial charge in [0.15, 0.2) is 0 Å². The van der Waals surface area contributed by atoms with E-state index in [0.717, 1.165) is 36.8 Å². The third kappa shape index (κ3) is 6.69. The Morgan fingerprint density at radius 1 is 0.955 bits per heavy atom. The van der Waals surface area contributed by atoms with Crippen LogP contribution in [0.2, 0.25) is 0 Å². The molecule has 3 saturated heterocycles. The van der Waals surface area contributed by atoms with Crippen molar-refractivity contribution < 1.29 is 26.4 Å². The van der Waals surface area contributed by atoms with Crippen LogP contribution in [0.5, 0.6) is 0 Å². The molecule has 240 valence electrons. The number of hydrogen-bond acceptors (Lipinski definition) is 7. The molecule has 0 aliphatic carbocycles. The molecule has 1 amide bonds. The molecule has 2 aromatic rings. The molecular formula is C32H44N4O6S2. The Kier molecular flexibility index (Phi) is 9.09. The zero-order valence-corrected chi connectivity index (χ0v) is 27.1. The van der Waals surface area contributed by atoms with Gasteiger partial charge in [-0.05, 0) is 55.7 Å². The van der Waals surface area contributed by atoms with Crippen LogP contribution in [0.1, 0.15) is 56.1 Å². The summed E-state index contributed by atoms with van der Waals surface area (Å²) in [6.45, 7) is 1.82. The standard InChI is InChI=1S/C32H44N4O6S2/c1-43(38,39)36-24-32(28-12-5-6-13-30(28)36)16-18-34(19-17-32)31(37)29(23-42-22-25-8-3-2-4-9-25)33-44(40,41)21-20-35-26-10-7-11-27(35)15-14-26/h2-6,8-9,12-13,26-27,29,33H,7,10-11,14-24H2,1H3/t26?,27?,29-/m1/s1. The monoisotopic (exact) mass is 644 g/mol. The van der Waals surface area contributed by atoms with Crippen LogP contribution < -0.4 is 9.03 Å². The number of fused-ring (bicyclic) bond motifs is 4. The van der Waals surface area contributed by atoms with Crippen LogP contribution in [-0.4, -0.2) is 95.5 Å². The zero-order chi connectivity index (χ0) is 31.0. The summed E-state index contributed by atoms with van der Waals surface area (Å²) in [5.74, 6) is -0.357. The van der Waals surface area contributed by atoms with E-state index in [1.165, 1.54) is 17.0 Å². The van der Waals surface area contributed by atoms with E-state index in [4.69, 9.17) is 4.74 Å². The molecule has 44 heavy (non-hydrogen) atoms. The number of anilines is 1. The minimum atomic E-state index is -3.76. The highest BCUT2D eigenvalue weighted by molar-refractivity contribution is 7.92. The molecule has 4 aliphatic rings. The Morgan fingerprint density at radius 3 is 2.30 bits per heavy atom. The van der Waals surface area contributed by atoms with Crippen molar-refractivity contribution in [1.82, 2.24) is 14.5 Å². The van der Waals surface area contributed by atoms with Crippen LogP contribution in [0.25, 0.3) is 0 Å². The molecular weight excluding hydrogens is 601 g/mol. The van der Waals surface area contributed by atoms with E-state index in [-0.39, 0.29) is 30.3 Å². The van der Waals surface area contributed by atoms with Crippen LogP contribution in [0.4, 0.5) is 5.69 Å². The maximum Gasteiger partial charge on any atom is 0.243 e. The number of nitrogens with zero attached hydrogens (tertiary/aromatic N) is 3. The Morgan fingerprint density at radius 2 is 1.61 bits per heavy atom. The molecule has 6 rings (SSSR count). The summed E-state index contributed by atoms with van der Waals surface area (Å²) in [5, 5.41) is 0. The molecule has 1 N–H and O–H groups in total. The fourth-order valence-corrected chi connectivity index (χ4v) is 9.97. The number of benzene rings is 2. The lowest BCUT2D eigenvalue weighted by molar-refractivity contribution is -0.136. The molecule has 0 saturated carbocycles. The lowest BCUT2D eigenvalue weighted by Gasteiger charge is -2.41. The molecule has 4 heterocycles. The largest absolute Gasteiger partial charge is 0.375 e. The van der Waals surface area contributed by atoms with Gasteiger partial charge in [-0.3, -0.25) is 14.0 Å². The number of carbonyl (C=O) groups is 1. The summed E-state index contributed by atoms with van der Waals surface area (Å²) in [6, 6.07) is 17.1. The van der Waals surface area contributed by atoms with Crippen molar-refractivity contribution in [1.29, 1.82) is 0 Å². The average molecular weight is 645 g/mol. The van der Waals surface area contributed by atoms with Gasteiger partial charge in [-0.2, -0.15) is 0 Å². The van der Waals surface area contributed by atoms with E-state index < -0.39 is 26.1 Å². The van der Waals surface area contributed by atoms with E-state index in [1.807, 2.05) is 54.6 Å². The van der Waals surface area contributed by atoms with Crippen molar-refractivity contribution in [3.05, 3.63) is 65.7 Å². The molecule has 1 spiro atoms. The molecule has 4 aliphatic heterocycles. The second kappa shape index (κ2) is 12.7. The first-order chi connectivity index (χ1) is 21.0. The Bertz CT molecular complexity index is 1530. The number of piperidine rings is 2. The van der Waals surface area contributed by atoms with Gasteiger partial charge in [-0.1, -0.05) is 55.0 Å². The van der Waals surface area contributed by atoms with E-state index in [2.05, 4.69) is 9.62 Å². The fourth-order valence-electron chi connectivity index (χ4n) is 7.80. The van der Waals surface area contributed by atoms with Crippen molar-refractivity contribution in [3.63, 3.8) is 0 Å². The number of carbonyl (C=O) groups excluding carboxylic acids is 1. The van der Waals surface area contributed by atoms with Gasteiger partial charge in [-0.25, -0.2) is 21.6 Å². The van der Waals surface area contributed by atoms with E-state index in [0.29, 0.717) is 56.8 Å². The molecule has 3 atom stereocenters. The van der Waals surface area contributed by atoms with Crippen molar-refractivity contribution in [2.45, 2.75) is 75.1 Å². The number of rotatable bonds is 11. The third-order valence-corrected chi connectivity index (χ3v) is 12.6. The third-order valence-electron chi connectivity index (χ3n) is 10.1. The minimum absolute atomic E-state index is 0.0519. The van der Waals surface area contributed by atoms with Crippen molar-refractivity contribution in [2.75, 3.05) is 49.1 Å². The van der Waals surface area contributed by atoms with Crippen LogP contribution in [0.15, 0.2) is 54.6 Å². The number of sulfonamides is 2. The normalized spacial score (nSPS) is 24.0. The summed E-state index contributed by atoms with van der Waals surface area (Å²) < 4.78 is 62.0. The smallest absolute Gasteiger partial charge is 0.243 e. The lowest BCUT2D eigenvalue weighted by Crippen LogP contribution is -2.55. The quantitative estimate of drug-likeness (QED) is 0.400. The molecule has 2 unspecified atom stereocenters. The topological polar surface area (TPSA) is 116 Å². The summed E-state index contributed by atoms with van der Waals surface area (Å²) >= 11 is 0. The van der Waals surface area contributed by atoms with Crippen LogP contribution in [0, 0.1) is 0 Å². The first-order valence-electron chi connectivity index (χ1n) is 15.8. The molecule has 3 fully saturated rings. The fraction of sp³-hybridized carbons (Fsp3) is 0.594. The first-order valence-corrected chi connectivity index (χ1v) is 19.3. The Balaban J connectivity index is 1.13. The van der Waals surface area contributed by atoms with Gasteiger partial charge >= 0.3 is 0 Å². The summed E-state index contributed by atoms with van der Waals surface area (Å²) in [7, 11) is -7.21.